The highest BCUT2D eigenvalue weighted by molar-refractivity contribution is 5.42. The van der Waals surface area contributed by atoms with Crippen LogP contribution in [0.2, 0.25) is 0 Å². The Morgan fingerprint density at radius 2 is 2.00 bits per heavy atom. The summed E-state index contributed by atoms with van der Waals surface area (Å²) < 4.78 is 0. The van der Waals surface area contributed by atoms with Gasteiger partial charge in [0.2, 0.25) is 0 Å². The van der Waals surface area contributed by atoms with E-state index in [4.69, 9.17) is 5.73 Å². The Morgan fingerprint density at radius 1 is 1.29 bits per heavy atom. The van der Waals surface area contributed by atoms with Crippen molar-refractivity contribution in [2.75, 3.05) is 0 Å². The molecule has 0 heterocycles. The van der Waals surface area contributed by atoms with Crippen molar-refractivity contribution < 1.29 is 5.11 Å². The molecular formula is C15H23NO. The van der Waals surface area contributed by atoms with Crippen molar-refractivity contribution in [1.29, 1.82) is 0 Å². The molecule has 0 aromatic heterocycles. The van der Waals surface area contributed by atoms with Gasteiger partial charge < -0.3 is 10.8 Å². The number of phenols is 1. The normalized spacial score (nSPS) is 19.2. The molecule has 1 aromatic carbocycles. The Balaban J connectivity index is 2.20. The largest absolute Gasteiger partial charge is 0.507 e. The molecule has 0 saturated heterocycles. The standard InChI is InChI=1S/C15H23NO/c1-2-11-9-6-10-13(15(11)17)14(16)12-7-4-3-5-8-12/h6,9-10,12,14,17H,2-5,7-8,16H2,1H3/t14-/m0/s1. The zero-order valence-electron chi connectivity index (χ0n) is 10.7. The molecule has 0 bridgehead atoms. The van der Waals surface area contributed by atoms with Gasteiger partial charge in [-0.3, -0.25) is 0 Å². The summed E-state index contributed by atoms with van der Waals surface area (Å²) in [5.74, 6) is 0.967. The molecule has 1 atom stereocenters. The van der Waals surface area contributed by atoms with Gasteiger partial charge in [-0.25, -0.2) is 0 Å². The van der Waals surface area contributed by atoms with Crippen molar-refractivity contribution in [3.8, 4) is 5.75 Å². The van der Waals surface area contributed by atoms with Gasteiger partial charge >= 0.3 is 0 Å². The summed E-state index contributed by atoms with van der Waals surface area (Å²) in [7, 11) is 0. The van der Waals surface area contributed by atoms with Crippen LogP contribution in [0.1, 0.15) is 56.2 Å². The maximum absolute atomic E-state index is 10.2. The predicted molar refractivity (Wildman–Crippen MR) is 71.0 cm³/mol. The number of aryl methyl sites for hydroxylation is 1. The van der Waals surface area contributed by atoms with Crippen LogP contribution in [0.25, 0.3) is 0 Å². The van der Waals surface area contributed by atoms with Gasteiger partial charge in [-0.05, 0) is 30.7 Å². The van der Waals surface area contributed by atoms with Gasteiger partial charge in [0.05, 0.1) is 0 Å². The summed E-state index contributed by atoms with van der Waals surface area (Å²) >= 11 is 0. The number of phenolic OH excluding ortho intramolecular Hbond substituents is 1. The van der Waals surface area contributed by atoms with Crippen LogP contribution in [0.3, 0.4) is 0 Å². The number of para-hydroxylation sites is 1. The lowest BCUT2D eigenvalue weighted by Crippen LogP contribution is -2.23. The van der Waals surface area contributed by atoms with E-state index in [1.165, 1.54) is 32.1 Å². The zero-order chi connectivity index (χ0) is 12.3. The van der Waals surface area contributed by atoms with Gasteiger partial charge in [-0.2, -0.15) is 0 Å². The van der Waals surface area contributed by atoms with E-state index in [2.05, 4.69) is 6.92 Å². The van der Waals surface area contributed by atoms with Gasteiger partial charge in [0.1, 0.15) is 5.75 Å². The van der Waals surface area contributed by atoms with Crippen molar-refractivity contribution in [3.05, 3.63) is 29.3 Å². The van der Waals surface area contributed by atoms with Crippen molar-refractivity contribution in [2.45, 2.75) is 51.5 Å². The third-order valence-electron chi connectivity index (χ3n) is 4.05. The lowest BCUT2D eigenvalue weighted by molar-refractivity contribution is 0.302. The van der Waals surface area contributed by atoms with E-state index >= 15 is 0 Å². The van der Waals surface area contributed by atoms with E-state index in [-0.39, 0.29) is 6.04 Å². The van der Waals surface area contributed by atoms with Crippen LogP contribution in [0.5, 0.6) is 5.75 Å². The van der Waals surface area contributed by atoms with Crippen molar-refractivity contribution in [1.82, 2.24) is 0 Å². The highest BCUT2D eigenvalue weighted by Crippen LogP contribution is 2.37. The summed E-state index contributed by atoms with van der Waals surface area (Å²) in [6, 6.07) is 5.97. The van der Waals surface area contributed by atoms with Crippen LogP contribution < -0.4 is 5.73 Å². The number of hydrogen-bond donors (Lipinski definition) is 2. The molecular weight excluding hydrogens is 210 g/mol. The number of aromatic hydroxyl groups is 1. The Hall–Kier alpha value is -1.02. The Morgan fingerprint density at radius 3 is 2.65 bits per heavy atom. The summed E-state index contributed by atoms with van der Waals surface area (Å²) in [5.41, 5.74) is 8.28. The second kappa shape index (κ2) is 5.54. The lowest BCUT2D eigenvalue weighted by atomic mass is 9.81. The molecule has 2 rings (SSSR count). The monoisotopic (exact) mass is 233 g/mol. The van der Waals surface area contributed by atoms with Crippen LogP contribution in [-0.4, -0.2) is 5.11 Å². The second-order valence-electron chi connectivity index (χ2n) is 5.13. The molecule has 0 aliphatic heterocycles. The van der Waals surface area contributed by atoms with E-state index in [0.717, 1.165) is 17.5 Å². The van der Waals surface area contributed by atoms with E-state index in [1.807, 2.05) is 18.2 Å². The highest BCUT2D eigenvalue weighted by Gasteiger charge is 2.24. The summed E-state index contributed by atoms with van der Waals surface area (Å²) in [6.45, 7) is 2.06. The van der Waals surface area contributed by atoms with Gasteiger partial charge in [-0.1, -0.05) is 44.4 Å². The summed E-state index contributed by atoms with van der Waals surface area (Å²) in [5, 5.41) is 10.2. The molecule has 0 amide bonds. The maximum atomic E-state index is 10.2. The van der Waals surface area contributed by atoms with Crippen molar-refractivity contribution in [3.63, 3.8) is 0 Å². The minimum atomic E-state index is 0.00167. The van der Waals surface area contributed by atoms with Gasteiger partial charge in [0, 0.05) is 11.6 Å². The topological polar surface area (TPSA) is 46.2 Å². The molecule has 1 aliphatic rings. The average molecular weight is 233 g/mol. The van der Waals surface area contributed by atoms with Crippen LogP contribution in [0.4, 0.5) is 0 Å². The molecule has 1 saturated carbocycles. The maximum Gasteiger partial charge on any atom is 0.123 e. The molecule has 1 fully saturated rings. The molecule has 2 heteroatoms. The number of nitrogens with two attached hydrogens (primary N) is 1. The molecule has 2 nitrogen and oxygen atoms in total. The smallest absolute Gasteiger partial charge is 0.123 e. The lowest BCUT2D eigenvalue weighted by Gasteiger charge is -2.28. The average Bonchev–Trinajstić information content (AvgIpc) is 2.39. The van der Waals surface area contributed by atoms with E-state index in [1.54, 1.807) is 0 Å². The third-order valence-corrected chi connectivity index (χ3v) is 4.05. The van der Waals surface area contributed by atoms with E-state index in [9.17, 15) is 5.11 Å². The first-order chi connectivity index (χ1) is 8.24. The Bertz CT molecular complexity index is 369. The molecule has 3 N–H and O–H groups in total. The quantitative estimate of drug-likeness (QED) is 0.839. The van der Waals surface area contributed by atoms with Crippen LogP contribution in [-0.2, 0) is 6.42 Å². The van der Waals surface area contributed by atoms with Gasteiger partial charge in [0.25, 0.3) is 0 Å². The summed E-state index contributed by atoms with van der Waals surface area (Å²) in [4.78, 5) is 0. The van der Waals surface area contributed by atoms with E-state index < -0.39 is 0 Å². The molecule has 1 aromatic rings. The Labute approximate surface area is 104 Å². The van der Waals surface area contributed by atoms with Crippen LogP contribution >= 0.6 is 0 Å². The number of rotatable bonds is 3. The predicted octanol–water partition coefficient (Wildman–Crippen LogP) is 3.53. The number of benzene rings is 1. The van der Waals surface area contributed by atoms with Gasteiger partial charge in [0.15, 0.2) is 0 Å². The molecule has 17 heavy (non-hydrogen) atoms. The van der Waals surface area contributed by atoms with Crippen LogP contribution in [0, 0.1) is 5.92 Å². The Kier molecular flexibility index (Phi) is 4.06. The third kappa shape index (κ3) is 2.63. The molecule has 0 unspecified atom stereocenters. The molecule has 94 valence electrons. The fourth-order valence-electron chi connectivity index (χ4n) is 2.91. The second-order valence-corrected chi connectivity index (χ2v) is 5.13. The SMILES string of the molecule is CCc1cccc([C@@H](N)C2CCCCC2)c1O. The van der Waals surface area contributed by atoms with Crippen LogP contribution in [0.15, 0.2) is 18.2 Å². The number of hydrogen-bond acceptors (Lipinski definition) is 2. The van der Waals surface area contributed by atoms with E-state index in [0.29, 0.717) is 11.7 Å². The first-order valence-corrected chi connectivity index (χ1v) is 6.80. The molecule has 0 spiro atoms. The fourth-order valence-corrected chi connectivity index (χ4v) is 2.91. The minimum Gasteiger partial charge on any atom is -0.507 e. The zero-order valence-corrected chi connectivity index (χ0v) is 10.7. The van der Waals surface area contributed by atoms with Crippen molar-refractivity contribution >= 4 is 0 Å². The summed E-state index contributed by atoms with van der Waals surface area (Å²) in [6.07, 6.45) is 7.17. The first kappa shape index (κ1) is 12.4. The molecule has 0 radical (unpaired) electrons. The van der Waals surface area contributed by atoms with Crippen molar-refractivity contribution in [2.24, 2.45) is 11.7 Å². The molecule has 1 aliphatic carbocycles. The fraction of sp³-hybridized carbons (Fsp3) is 0.600. The first-order valence-electron chi connectivity index (χ1n) is 6.80. The highest BCUT2D eigenvalue weighted by atomic mass is 16.3. The van der Waals surface area contributed by atoms with Gasteiger partial charge in [-0.15, -0.1) is 0 Å². The minimum absolute atomic E-state index is 0.00167.